The molecule has 0 saturated heterocycles. The molecule has 2 fully saturated rings. The van der Waals surface area contributed by atoms with Crippen molar-refractivity contribution in [2.45, 2.75) is 64.0 Å². The molecule has 0 aromatic carbocycles. The van der Waals surface area contributed by atoms with Crippen LogP contribution in [0.5, 0.6) is 5.88 Å². The van der Waals surface area contributed by atoms with E-state index in [1.807, 2.05) is 26.2 Å². The van der Waals surface area contributed by atoms with E-state index in [2.05, 4.69) is 20.6 Å². The summed E-state index contributed by atoms with van der Waals surface area (Å²) in [7, 11) is 5.43. The van der Waals surface area contributed by atoms with Crippen LogP contribution in [0.15, 0.2) is 23.3 Å². The minimum absolute atomic E-state index is 0.206. The van der Waals surface area contributed by atoms with Gasteiger partial charge in [0.05, 0.1) is 5.41 Å². The van der Waals surface area contributed by atoms with Crippen molar-refractivity contribution in [3.63, 3.8) is 0 Å². The van der Waals surface area contributed by atoms with E-state index in [1.54, 1.807) is 18.1 Å². The number of guanidine groups is 1. The molecule has 2 saturated carbocycles. The number of hydrogen-bond acceptors (Lipinski definition) is 4. The minimum atomic E-state index is -0.327. The van der Waals surface area contributed by atoms with Gasteiger partial charge in [0.25, 0.3) is 0 Å². The molecule has 0 radical (unpaired) electrons. The molecule has 7 nitrogen and oxygen atoms in total. The maximum absolute atomic E-state index is 12.8. The van der Waals surface area contributed by atoms with E-state index < -0.39 is 0 Å². The Labute approximate surface area is 174 Å². The molecule has 1 aromatic rings. The average molecular weight is 402 g/mol. The molecule has 0 atom stereocenters. The van der Waals surface area contributed by atoms with Crippen LogP contribution in [0.1, 0.15) is 56.9 Å². The highest BCUT2D eigenvalue weighted by atomic mass is 16.5. The number of hydrogen-bond donors (Lipinski definition) is 2. The summed E-state index contributed by atoms with van der Waals surface area (Å²) < 4.78 is 6.13. The molecule has 1 aromatic heterocycles. The molecule has 2 aliphatic rings. The summed E-state index contributed by atoms with van der Waals surface area (Å²) in [4.78, 5) is 23.2. The maximum Gasteiger partial charge on any atom is 0.230 e. The molecule has 2 aliphatic carbocycles. The Morgan fingerprint density at radius 2 is 1.97 bits per heavy atom. The van der Waals surface area contributed by atoms with Gasteiger partial charge in [0.15, 0.2) is 5.96 Å². The fraction of sp³-hybridized carbons (Fsp3) is 0.682. The van der Waals surface area contributed by atoms with Gasteiger partial charge in [0, 0.05) is 46.0 Å². The molecule has 0 aliphatic heterocycles. The van der Waals surface area contributed by atoms with Crippen LogP contribution in [0.25, 0.3) is 0 Å². The lowest BCUT2D eigenvalue weighted by Crippen LogP contribution is -2.49. The van der Waals surface area contributed by atoms with Gasteiger partial charge in [0.2, 0.25) is 11.8 Å². The van der Waals surface area contributed by atoms with Gasteiger partial charge in [-0.1, -0.05) is 18.9 Å². The van der Waals surface area contributed by atoms with Crippen molar-refractivity contribution in [3.05, 3.63) is 23.9 Å². The maximum atomic E-state index is 12.8. The van der Waals surface area contributed by atoms with Crippen molar-refractivity contribution < 1.29 is 9.53 Å². The van der Waals surface area contributed by atoms with Crippen molar-refractivity contribution in [2.24, 2.45) is 10.4 Å². The lowest BCUT2D eigenvalue weighted by atomic mass is 9.84. The van der Waals surface area contributed by atoms with Gasteiger partial charge in [-0.15, -0.1) is 0 Å². The van der Waals surface area contributed by atoms with Crippen LogP contribution in [-0.4, -0.2) is 55.5 Å². The van der Waals surface area contributed by atoms with Crippen molar-refractivity contribution in [2.75, 3.05) is 27.7 Å². The zero-order chi connectivity index (χ0) is 20.7. The lowest BCUT2D eigenvalue weighted by Gasteiger charge is -2.31. The molecule has 29 heavy (non-hydrogen) atoms. The second-order valence-electron chi connectivity index (χ2n) is 8.46. The number of ether oxygens (including phenoxy) is 1. The highest BCUT2D eigenvalue weighted by molar-refractivity contribution is 5.85. The number of rotatable bonds is 7. The standard InChI is InChI=1S/C22H35N5O2/c1-23-21(26-16-22(12-6-7-13-22)20(28)27(2)3)25-15-17-9-8-14-24-19(17)29-18-10-4-5-11-18/h8-9,14,18H,4-7,10-13,15-16H2,1-3H3,(H2,23,25,26). The quantitative estimate of drug-likeness (QED) is 0.543. The first-order chi connectivity index (χ1) is 14.0. The first-order valence-electron chi connectivity index (χ1n) is 10.8. The predicted molar refractivity (Wildman–Crippen MR) is 115 cm³/mol. The SMILES string of the molecule is CN=C(NCc1cccnc1OC1CCCC1)NCC1(C(=O)N(C)C)CCCC1. The third-order valence-corrected chi connectivity index (χ3v) is 6.12. The van der Waals surface area contributed by atoms with Crippen molar-refractivity contribution in [1.29, 1.82) is 0 Å². The zero-order valence-corrected chi connectivity index (χ0v) is 18.0. The van der Waals surface area contributed by atoms with Crippen molar-refractivity contribution in [3.8, 4) is 5.88 Å². The van der Waals surface area contributed by atoms with E-state index in [4.69, 9.17) is 4.74 Å². The molecule has 0 unspecified atom stereocenters. The summed E-state index contributed by atoms with van der Waals surface area (Å²) >= 11 is 0. The number of carbonyl (C=O) groups excluding carboxylic acids is 1. The van der Waals surface area contributed by atoms with Gasteiger partial charge in [-0.3, -0.25) is 9.79 Å². The van der Waals surface area contributed by atoms with E-state index in [0.717, 1.165) is 44.1 Å². The zero-order valence-electron chi connectivity index (χ0n) is 18.0. The molecular formula is C22H35N5O2. The summed E-state index contributed by atoms with van der Waals surface area (Å²) in [6, 6.07) is 3.96. The number of carbonyl (C=O) groups is 1. The highest BCUT2D eigenvalue weighted by Crippen LogP contribution is 2.38. The summed E-state index contributed by atoms with van der Waals surface area (Å²) in [5.74, 6) is 1.60. The predicted octanol–water partition coefficient (Wildman–Crippen LogP) is 2.72. The number of amides is 1. The first kappa shape index (κ1) is 21.4. The smallest absolute Gasteiger partial charge is 0.230 e. The molecule has 0 spiro atoms. The second-order valence-corrected chi connectivity index (χ2v) is 8.46. The van der Waals surface area contributed by atoms with Gasteiger partial charge < -0.3 is 20.3 Å². The molecule has 0 bridgehead atoms. The molecule has 3 rings (SSSR count). The normalized spacial score (nSPS) is 19.2. The minimum Gasteiger partial charge on any atom is -0.474 e. The fourth-order valence-electron chi connectivity index (χ4n) is 4.47. The third kappa shape index (κ3) is 5.40. The highest BCUT2D eigenvalue weighted by Gasteiger charge is 2.42. The van der Waals surface area contributed by atoms with Crippen LogP contribution in [0.2, 0.25) is 0 Å². The van der Waals surface area contributed by atoms with E-state index in [0.29, 0.717) is 24.9 Å². The molecule has 160 valence electrons. The molecule has 7 heteroatoms. The summed E-state index contributed by atoms with van der Waals surface area (Å²) in [6.45, 7) is 1.17. The second kappa shape index (κ2) is 9.94. The number of nitrogens with one attached hydrogen (secondary N) is 2. The number of aromatic nitrogens is 1. The summed E-state index contributed by atoms with van der Waals surface area (Å²) in [5.41, 5.74) is 0.689. The van der Waals surface area contributed by atoms with Crippen LogP contribution in [0, 0.1) is 5.41 Å². The Bertz CT molecular complexity index is 707. The number of pyridine rings is 1. The van der Waals surface area contributed by atoms with Crippen LogP contribution in [-0.2, 0) is 11.3 Å². The van der Waals surface area contributed by atoms with E-state index in [1.165, 1.54) is 12.8 Å². The lowest BCUT2D eigenvalue weighted by molar-refractivity contribution is -0.138. The third-order valence-electron chi connectivity index (χ3n) is 6.12. The Morgan fingerprint density at radius 1 is 1.24 bits per heavy atom. The monoisotopic (exact) mass is 401 g/mol. The van der Waals surface area contributed by atoms with Gasteiger partial charge in [-0.2, -0.15) is 0 Å². The summed E-state index contributed by atoms with van der Waals surface area (Å²) in [5, 5.41) is 6.74. The number of aliphatic imine (C=N–C) groups is 1. The van der Waals surface area contributed by atoms with E-state index >= 15 is 0 Å². The first-order valence-corrected chi connectivity index (χ1v) is 10.8. The van der Waals surface area contributed by atoms with Gasteiger partial charge >= 0.3 is 0 Å². The Kier molecular flexibility index (Phi) is 7.34. The topological polar surface area (TPSA) is 78.9 Å². The van der Waals surface area contributed by atoms with Crippen molar-refractivity contribution >= 4 is 11.9 Å². The Balaban J connectivity index is 1.57. The molecule has 1 amide bonds. The van der Waals surface area contributed by atoms with Crippen LogP contribution >= 0.6 is 0 Å². The van der Waals surface area contributed by atoms with E-state index in [9.17, 15) is 4.79 Å². The van der Waals surface area contributed by atoms with E-state index in [-0.39, 0.29) is 17.4 Å². The van der Waals surface area contributed by atoms with Crippen LogP contribution in [0.4, 0.5) is 0 Å². The number of nitrogens with zero attached hydrogens (tertiary/aromatic N) is 3. The summed E-state index contributed by atoms with van der Waals surface area (Å²) in [6.07, 6.45) is 10.8. The molecule has 1 heterocycles. The van der Waals surface area contributed by atoms with Crippen LogP contribution < -0.4 is 15.4 Å². The molecule has 2 N–H and O–H groups in total. The van der Waals surface area contributed by atoms with Crippen molar-refractivity contribution in [1.82, 2.24) is 20.5 Å². The largest absolute Gasteiger partial charge is 0.474 e. The fourth-order valence-corrected chi connectivity index (χ4v) is 4.47. The Hall–Kier alpha value is -2.31. The van der Waals surface area contributed by atoms with Gasteiger partial charge in [-0.25, -0.2) is 4.98 Å². The Morgan fingerprint density at radius 3 is 2.62 bits per heavy atom. The van der Waals surface area contributed by atoms with Crippen LogP contribution in [0.3, 0.4) is 0 Å². The van der Waals surface area contributed by atoms with Gasteiger partial charge in [0.1, 0.15) is 6.10 Å². The molecular weight excluding hydrogens is 366 g/mol. The van der Waals surface area contributed by atoms with Gasteiger partial charge in [-0.05, 0) is 44.6 Å². The average Bonchev–Trinajstić information content (AvgIpc) is 3.41.